The van der Waals surface area contributed by atoms with Crippen molar-refractivity contribution in [3.05, 3.63) is 63.9 Å². The highest BCUT2D eigenvalue weighted by molar-refractivity contribution is 9.10. The van der Waals surface area contributed by atoms with Gasteiger partial charge in [-0.15, -0.1) is 0 Å². The van der Waals surface area contributed by atoms with Gasteiger partial charge in [0, 0.05) is 11.0 Å². The molecule has 0 unspecified atom stereocenters. The number of esters is 1. The van der Waals surface area contributed by atoms with Crippen molar-refractivity contribution in [1.29, 1.82) is 0 Å². The molecule has 0 aliphatic rings. The lowest BCUT2D eigenvalue weighted by molar-refractivity contribution is -0.139. The standard InChI is InChI=1S/C16H15BrFNO2/c1-21-15(20)9-11-5-2-3-6-12(11)10-19-16-13(17)7-4-8-14(16)18/h2-8,19H,9-10H2,1H3. The summed E-state index contributed by atoms with van der Waals surface area (Å²) in [6, 6.07) is 12.3. The number of nitrogens with one attached hydrogen (secondary N) is 1. The first-order valence-corrected chi connectivity index (χ1v) is 7.22. The number of carbonyl (C=O) groups is 1. The highest BCUT2D eigenvalue weighted by Gasteiger charge is 2.10. The zero-order valence-corrected chi connectivity index (χ0v) is 13.1. The van der Waals surface area contributed by atoms with Crippen LogP contribution in [0.2, 0.25) is 0 Å². The number of anilines is 1. The Balaban J connectivity index is 2.15. The summed E-state index contributed by atoms with van der Waals surface area (Å²) in [7, 11) is 1.36. The Hall–Kier alpha value is -1.88. The molecule has 0 aromatic heterocycles. The van der Waals surface area contributed by atoms with Crippen molar-refractivity contribution in [3.8, 4) is 0 Å². The first-order chi connectivity index (χ1) is 10.1. The van der Waals surface area contributed by atoms with E-state index in [4.69, 9.17) is 0 Å². The van der Waals surface area contributed by atoms with Crippen LogP contribution in [0, 0.1) is 5.82 Å². The van der Waals surface area contributed by atoms with Crippen molar-refractivity contribution in [2.24, 2.45) is 0 Å². The molecule has 0 amide bonds. The predicted octanol–water partition coefficient (Wildman–Crippen LogP) is 3.92. The molecule has 0 heterocycles. The van der Waals surface area contributed by atoms with Gasteiger partial charge in [0.15, 0.2) is 0 Å². The third kappa shape index (κ3) is 4.04. The molecule has 0 aliphatic heterocycles. The Morgan fingerprint density at radius 2 is 1.90 bits per heavy atom. The molecule has 0 bridgehead atoms. The minimum absolute atomic E-state index is 0.201. The second-order valence-corrected chi connectivity index (χ2v) is 5.33. The van der Waals surface area contributed by atoms with Crippen molar-refractivity contribution in [2.45, 2.75) is 13.0 Å². The van der Waals surface area contributed by atoms with Gasteiger partial charge in [0.25, 0.3) is 0 Å². The maximum absolute atomic E-state index is 13.8. The van der Waals surface area contributed by atoms with Gasteiger partial charge in [0.2, 0.25) is 0 Å². The van der Waals surface area contributed by atoms with Crippen LogP contribution in [0.25, 0.3) is 0 Å². The Morgan fingerprint density at radius 3 is 2.57 bits per heavy atom. The molecule has 0 atom stereocenters. The molecule has 0 saturated heterocycles. The van der Waals surface area contributed by atoms with Crippen LogP contribution in [0.3, 0.4) is 0 Å². The number of benzene rings is 2. The van der Waals surface area contributed by atoms with Crippen LogP contribution < -0.4 is 5.32 Å². The summed E-state index contributed by atoms with van der Waals surface area (Å²) in [5.41, 5.74) is 2.20. The van der Waals surface area contributed by atoms with Gasteiger partial charge < -0.3 is 10.1 Å². The molecule has 0 spiro atoms. The number of methoxy groups -OCH3 is 1. The van der Waals surface area contributed by atoms with Gasteiger partial charge in [-0.1, -0.05) is 30.3 Å². The molecule has 0 saturated carbocycles. The average molecular weight is 352 g/mol. The number of para-hydroxylation sites is 1. The Kier molecular flexibility index (Phi) is 5.33. The van der Waals surface area contributed by atoms with E-state index in [0.717, 1.165) is 11.1 Å². The van der Waals surface area contributed by atoms with Crippen LogP contribution in [-0.2, 0) is 22.5 Å². The van der Waals surface area contributed by atoms with E-state index in [2.05, 4.69) is 26.0 Å². The first-order valence-electron chi connectivity index (χ1n) is 6.43. The summed E-state index contributed by atoms with van der Waals surface area (Å²) in [5.74, 6) is -0.621. The normalized spacial score (nSPS) is 10.2. The summed E-state index contributed by atoms with van der Waals surface area (Å²) in [6.07, 6.45) is 0.201. The third-order valence-corrected chi connectivity index (χ3v) is 3.76. The van der Waals surface area contributed by atoms with Crippen LogP contribution in [0.5, 0.6) is 0 Å². The first kappa shape index (κ1) is 15.5. The summed E-state index contributed by atoms with van der Waals surface area (Å²) in [4.78, 5) is 11.4. The number of rotatable bonds is 5. The minimum atomic E-state index is -0.324. The zero-order chi connectivity index (χ0) is 15.2. The molecular weight excluding hydrogens is 337 g/mol. The molecule has 110 valence electrons. The molecule has 0 aliphatic carbocycles. The van der Waals surface area contributed by atoms with Crippen molar-refractivity contribution >= 4 is 27.6 Å². The van der Waals surface area contributed by atoms with Crippen LogP contribution in [0.15, 0.2) is 46.9 Å². The van der Waals surface area contributed by atoms with Crippen molar-refractivity contribution in [2.75, 3.05) is 12.4 Å². The second kappa shape index (κ2) is 7.22. The highest BCUT2D eigenvalue weighted by atomic mass is 79.9. The van der Waals surface area contributed by atoms with Gasteiger partial charge in [-0.2, -0.15) is 0 Å². The van der Waals surface area contributed by atoms with Crippen LogP contribution in [-0.4, -0.2) is 13.1 Å². The molecule has 5 heteroatoms. The summed E-state index contributed by atoms with van der Waals surface area (Å²) >= 11 is 3.31. The lowest BCUT2D eigenvalue weighted by Crippen LogP contribution is -2.09. The fourth-order valence-electron chi connectivity index (χ4n) is 1.98. The molecule has 2 rings (SSSR count). The number of hydrogen-bond acceptors (Lipinski definition) is 3. The van der Waals surface area contributed by atoms with E-state index in [1.807, 2.05) is 24.3 Å². The second-order valence-electron chi connectivity index (χ2n) is 4.47. The van der Waals surface area contributed by atoms with E-state index in [1.165, 1.54) is 13.2 Å². The van der Waals surface area contributed by atoms with E-state index < -0.39 is 0 Å². The SMILES string of the molecule is COC(=O)Cc1ccccc1CNc1c(F)cccc1Br. The zero-order valence-electron chi connectivity index (χ0n) is 11.5. The lowest BCUT2D eigenvalue weighted by Gasteiger charge is -2.12. The maximum atomic E-state index is 13.8. The number of ether oxygens (including phenoxy) is 1. The van der Waals surface area contributed by atoms with Crippen LogP contribution in [0.1, 0.15) is 11.1 Å². The molecule has 0 radical (unpaired) electrons. The smallest absolute Gasteiger partial charge is 0.309 e. The summed E-state index contributed by atoms with van der Waals surface area (Å²) < 4.78 is 19.1. The fourth-order valence-corrected chi connectivity index (χ4v) is 2.46. The summed E-state index contributed by atoms with van der Waals surface area (Å²) in [5, 5.41) is 3.06. The molecule has 3 nitrogen and oxygen atoms in total. The van der Waals surface area contributed by atoms with E-state index in [0.29, 0.717) is 16.7 Å². The fraction of sp³-hybridized carbons (Fsp3) is 0.188. The van der Waals surface area contributed by atoms with Crippen molar-refractivity contribution in [1.82, 2.24) is 0 Å². The monoisotopic (exact) mass is 351 g/mol. The number of carbonyl (C=O) groups excluding carboxylic acids is 1. The lowest BCUT2D eigenvalue weighted by atomic mass is 10.0. The summed E-state index contributed by atoms with van der Waals surface area (Å²) in [6.45, 7) is 0.423. The predicted molar refractivity (Wildman–Crippen MR) is 83.6 cm³/mol. The molecule has 21 heavy (non-hydrogen) atoms. The van der Waals surface area contributed by atoms with Gasteiger partial charge in [0.05, 0.1) is 19.2 Å². The Bertz CT molecular complexity index is 626. The van der Waals surface area contributed by atoms with Crippen LogP contribution in [0.4, 0.5) is 10.1 Å². The number of halogens is 2. The molecule has 1 N–H and O–H groups in total. The van der Waals surface area contributed by atoms with Crippen molar-refractivity contribution < 1.29 is 13.9 Å². The van der Waals surface area contributed by atoms with E-state index >= 15 is 0 Å². The third-order valence-electron chi connectivity index (χ3n) is 3.10. The largest absolute Gasteiger partial charge is 0.469 e. The van der Waals surface area contributed by atoms with E-state index in [9.17, 15) is 9.18 Å². The van der Waals surface area contributed by atoms with Crippen molar-refractivity contribution in [3.63, 3.8) is 0 Å². The van der Waals surface area contributed by atoms with E-state index in [1.54, 1.807) is 12.1 Å². The van der Waals surface area contributed by atoms with Gasteiger partial charge >= 0.3 is 5.97 Å². The Morgan fingerprint density at radius 1 is 1.19 bits per heavy atom. The van der Waals surface area contributed by atoms with E-state index in [-0.39, 0.29) is 18.2 Å². The van der Waals surface area contributed by atoms with Gasteiger partial charge in [-0.3, -0.25) is 4.79 Å². The molecular formula is C16H15BrFNO2. The minimum Gasteiger partial charge on any atom is -0.469 e. The average Bonchev–Trinajstić information content (AvgIpc) is 2.48. The highest BCUT2D eigenvalue weighted by Crippen LogP contribution is 2.26. The van der Waals surface area contributed by atoms with Gasteiger partial charge in [0.1, 0.15) is 5.82 Å². The molecule has 2 aromatic carbocycles. The topological polar surface area (TPSA) is 38.3 Å². The Labute approximate surface area is 131 Å². The molecule has 2 aromatic rings. The van der Waals surface area contributed by atoms with Gasteiger partial charge in [-0.25, -0.2) is 4.39 Å². The number of hydrogen-bond donors (Lipinski definition) is 1. The van der Waals surface area contributed by atoms with Gasteiger partial charge in [-0.05, 0) is 39.2 Å². The maximum Gasteiger partial charge on any atom is 0.309 e. The van der Waals surface area contributed by atoms with Crippen LogP contribution >= 0.6 is 15.9 Å². The quantitative estimate of drug-likeness (QED) is 0.829. The molecule has 0 fully saturated rings.